The second-order valence-electron chi connectivity index (χ2n) is 2.83. The Bertz CT molecular complexity index is 388. The number of carbonyl (C=O) groups excluding carboxylic acids is 1. The van der Waals surface area contributed by atoms with Crippen LogP contribution < -0.4 is 5.73 Å². The van der Waals surface area contributed by atoms with E-state index in [1.165, 1.54) is 12.1 Å². The Morgan fingerprint density at radius 1 is 1.53 bits per heavy atom. The third-order valence-corrected chi connectivity index (χ3v) is 1.74. The maximum absolute atomic E-state index is 13.2. The molecule has 0 fully saturated rings. The number of hydrogen-bond donors (Lipinski definition) is 1. The Morgan fingerprint density at radius 3 is 2.80 bits per heavy atom. The summed E-state index contributed by atoms with van der Waals surface area (Å²) in [6, 6.07) is 5.97. The SMILES string of the molecule is CCOC(=O)/C=C(\N)c1ccccc1F. The standard InChI is InChI=1S/C11H12FNO2/c1-2-15-11(14)7-10(13)8-5-3-4-6-9(8)12/h3-7H,2,13H2,1H3/b10-7-. The van der Waals surface area contributed by atoms with Gasteiger partial charge in [0.2, 0.25) is 0 Å². The van der Waals surface area contributed by atoms with Crippen LogP contribution in [0.1, 0.15) is 12.5 Å². The molecule has 1 rings (SSSR count). The van der Waals surface area contributed by atoms with E-state index in [9.17, 15) is 9.18 Å². The monoisotopic (exact) mass is 209 g/mol. The highest BCUT2D eigenvalue weighted by molar-refractivity contribution is 5.90. The number of ether oxygens (including phenoxy) is 1. The van der Waals surface area contributed by atoms with Crippen LogP contribution >= 0.6 is 0 Å². The van der Waals surface area contributed by atoms with Crippen LogP contribution in [0.15, 0.2) is 30.3 Å². The molecule has 0 amide bonds. The molecule has 0 bridgehead atoms. The number of carbonyl (C=O) groups is 1. The van der Waals surface area contributed by atoms with Gasteiger partial charge in [-0.05, 0) is 19.1 Å². The van der Waals surface area contributed by atoms with Gasteiger partial charge in [0.25, 0.3) is 0 Å². The van der Waals surface area contributed by atoms with Gasteiger partial charge in [-0.2, -0.15) is 0 Å². The molecule has 0 aliphatic heterocycles. The van der Waals surface area contributed by atoms with Crippen LogP contribution in [-0.4, -0.2) is 12.6 Å². The summed E-state index contributed by atoms with van der Waals surface area (Å²) >= 11 is 0. The predicted molar refractivity (Wildman–Crippen MR) is 55.2 cm³/mol. The van der Waals surface area contributed by atoms with E-state index < -0.39 is 11.8 Å². The molecule has 0 aliphatic carbocycles. The first kappa shape index (κ1) is 11.2. The predicted octanol–water partition coefficient (Wildman–Crippen LogP) is 1.69. The van der Waals surface area contributed by atoms with Crippen LogP contribution in [0.25, 0.3) is 5.70 Å². The number of halogens is 1. The minimum atomic E-state index is -0.571. The van der Waals surface area contributed by atoms with Gasteiger partial charge in [0, 0.05) is 17.3 Å². The molecular formula is C11H12FNO2. The number of hydrogen-bond acceptors (Lipinski definition) is 3. The lowest BCUT2D eigenvalue weighted by molar-refractivity contribution is -0.137. The maximum Gasteiger partial charge on any atom is 0.332 e. The third-order valence-electron chi connectivity index (χ3n) is 1.74. The molecule has 80 valence electrons. The molecule has 0 heterocycles. The topological polar surface area (TPSA) is 52.3 Å². The summed E-state index contributed by atoms with van der Waals surface area (Å²) in [6.45, 7) is 1.95. The number of rotatable bonds is 3. The van der Waals surface area contributed by atoms with Gasteiger partial charge in [-0.15, -0.1) is 0 Å². The van der Waals surface area contributed by atoms with Crippen molar-refractivity contribution in [1.29, 1.82) is 0 Å². The van der Waals surface area contributed by atoms with Crippen LogP contribution in [-0.2, 0) is 9.53 Å². The average Bonchev–Trinajstić information content (AvgIpc) is 2.18. The van der Waals surface area contributed by atoms with Gasteiger partial charge in [-0.1, -0.05) is 12.1 Å². The molecule has 1 aromatic rings. The first-order valence-corrected chi connectivity index (χ1v) is 4.54. The molecule has 3 nitrogen and oxygen atoms in total. The Hall–Kier alpha value is -1.84. The van der Waals surface area contributed by atoms with Crippen molar-refractivity contribution in [3.8, 4) is 0 Å². The Balaban J connectivity index is 2.89. The van der Waals surface area contributed by atoms with E-state index in [1.807, 2.05) is 0 Å². The van der Waals surface area contributed by atoms with Gasteiger partial charge in [0.1, 0.15) is 5.82 Å². The molecular weight excluding hydrogens is 197 g/mol. The van der Waals surface area contributed by atoms with Crippen LogP contribution in [0.4, 0.5) is 4.39 Å². The fraction of sp³-hybridized carbons (Fsp3) is 0.182. The number of nitrogens with two attached hydrogens (primary N) is 1. The molecule has 0 spiro atoms. The van der Waals surface area contributed by atoms with E-state index in [1.54, 1.807) is 19.1 Å². The normalized spacial score (nSPS) is 11.2. The highest BCUT2D eigenvalue weighted by Gasteiger charge is 2.05. The lowest BCUT2D eigenvalue weighted by Crippen LogP contribution is -2.06. The van der Waals surface area contributed by atoms with Crippen molar-refractivity contribution in [1.82, 2.24) is 0 Å². The van der Waals surface area contributed by atoms with E-state index >= 15 is 0 Å². The molecule has 0 saturated heterocycles. The number of benzene rings is 1. The van der Waals surface area contributed by atoms with Crippen LogP contribution in [0.2, 0.25) is 0 Å². The Labute approximate surface area is 87.3 Å². The molecule has 2 N–H and O–H groups in total. The van der Waals surface area contributed by atoms with Gasteiger partial charge < -0.3 is 10.5 Å². The fourth-order valence-corrected chi connectivity index (χ4v) is 1.08. The van der Waals surface area contributed by atoms with E-state index in [0.717, 1.165) is 6.08 Å². The van der Waals surface area contributed by atoms with Gasteiger partial charge >= 0.3 is 5.97 Å². The van der Waals surface area contributed by atoms with Crippen molar-refractivity contribution < 1.29 is 13.9 Å². The van der Waals surface area contributed by atoms with Gasteiger partial charge in [0.15, 0.2) is 0 Å². The molecule has 0 aromatic heterocycles. The molecule has 15 heavy (non-hydrogen) atoms. The summed E-state index contributed by atoms with van der Waals surface area (Å²) in [6.07, 6.45) is 1.07. The molecule has 0 saturated carbocycles. The third kappa shape index (κ3) is 3.09. The van der Waals surface area contributed by atoms with Crippen molar-refractivity contribution in [3.05, 3.63) is 41.7 Å². The van der Waals surface area contributed by atoms with Crippen molar-refractivity contribution in [2.75, 3.05) is 6.61 Å². The minimum Gasteiger partial charge on any atom is -0.463 e. The molecule has 0 unspecified atom stereocenters. The molecule has 0 aliphatic rings. The lowest BCUT2D eigenvalue weighted by atomic mass is 10.1. The minimum absolute atomic E-state index is 0.0616. The van der Waals surface area contributed by atoms with Crippen molar-refractivity contribution in [2.24, 2.45) is 5.73 Å². The van der Waals surface area contributed by atoms with E-state index in [4.69, 9.17) is 5.73 Å². The number of esters is 1. The molecule has 0 radical (unpaired) electrons. The molecule has 1 aromatic carbocycles. The van der Waals surface area contributed by atoms with Crippen LogP contribution in [0.5, 0.6) is 0 Å². The highest BCUT2D eigenvalue weighted by Crippen LogP contribution is 2.13. The summed E-state index contributed by atoms with van der Waals surface area (Å²) in [5, 5.41) is 0. The molecule has 4 heteroatoms. The quantitative estimate of drug-likeness (QED) is 0.608. The van der Waals surface area contributed by atoms with Crippen LogP contribution in [0.3, 0.4) is 0 Å². The van der Waals surface area contributed by atoms with Gasteiger partial charge in [-0.25, -0.2) is 9.18 Å². The largest absolute Gasteiger partial charge is 0.463 e. The van der Waals surface area contributed by atoms with E-state index in [0.29, 0.717) is 0 Å². The second-order valence-corrected chi connectivity index (χ2v) is 2.83. The zero-order valence-electron chi connectivity index (χ0n) is 8.37. The zero-order valence-corrected chi connectivity index (χ0v) is 8.37. The van der Waals surface area contributed by atoms with E-state index in [-0.39, 0.29) is 17.9 Å². The Kier molecular flexibility index (Phi) is 3.85. The molecule has 0 atom stereocenters. The van der Waals surface area contributed by atoms with Crippen LogP contribution in [0, 0.1) is 5.82 Å². The maximum atomic E-state index is 13.2. The zero-order chi connectivity index (χ0) is 11.3. The van der Waals surface area contributed by atoms with Crippen molar-refractivity contribution in [3.63, 3.8) is 0 Å². The first-order chi connectivity index (χ1) is 7.15. The highest BCUT2D eigenvalue weighted by atomic mass is 19.1. The Morgan fingerprint density at radius 2 is 2.20 bits per heavy atom. The summed E-state index contributed by atoms with van der Waals surface area (Å²) < 4.78 is 17.9. The van der Waals surface area contributed by atoms with Crippen molar-refractivity contribution >= 4 is 11.7 Å². The smallest absolute Gasteiger partial charge is 0.332 e. The van der Waals surface area contributed by atoms with E-state index in [2.05, 4.69) is 4.74 Å². The summed E-state index contributed by atoms with van der Waals surface area (Å²) in [5.74, 6) is -1.03. The lowest BCUT2D eigenvalue weighted by Gasteiger charge is -2.02. The summed E-state index contributed by atoms with van der Waals surface area (Å²) in [7, 11) is 0. The average molecular weight is 209 g/mol. The summed E-state index contributed by atoms with van der Waals surface area (Å²) in [5.41, 5.74) is 5.81. The van der Waals surface area contributed by atoms with Gasteiger partial charge in [0.05, 0.1) is 6.61 Å². The van der Waals surface area contributed by atoms with Crippen molar-refractivity contribution in [2.45, 2.75) is 6.92 Å². The summed E-state index contributed by atoms with van der Waals surface area (Å²) in [4.78, 5) is 11.0. The second kappa shape index (κ2) is 5.14. The fourth-order valence-electron chi connectivity index (χ4n) is 1.08. The first-order valence-electron chi connectivity index (χ1n) is 4.54. The van der Waals surface area contributed by atoms with Gasteiger partial charge in [-0.3, -0.25) is 0 Å².